The van der Waals surface area contributed by atoms with Crippen LogP contribution in [-0.4, -0.2) is 24.9 Å². The van der Waals surface area contributed by atoms with Gasteiger partial charge in [0.15, 0.2) is 11.4 Å². The minimum atomic E-state index is -0.335. The number of unbranched alkanes of at least 4 members (excludes halogenated alkanes) is 5. The number of fused-ring (bicyclic) bond motifs is 5. The Kier molecular flexibility index (Phi) is 5.51. The van der Waals surface area contributed by atoms with Crippen LogP contribution in [0.1, 0.15) is 58.2 Å². The number of aryl methyl sites for hydroxylation is 2. The molecule has 0 aliphatic heterocycles. The van der Waals surface area contributed by atoms with E-state index < -0.39 is 0 Å². The summed E-state index contributed by atoms with van der Waals surface area (Å²) in [6.45, 7) is 6.51. The first kappa shape index (κ1) is 19.4. The van der Waals surface area contributed by atoms with Crippen molar-refractivity contribution in [3.8, 4) is 5.75 Å². The lowest BCUT2D eigenvalue weighted by Gasteiger charge is -2.07. The van der Waals surface area contributed by atoms with Crippen molar-refractivity contribution >= 4 is 33.7 Å². The predicted molar refractivity (Wildman–Crippen MR) is 115 cm³/mol. The molecule has 1 aromatic carbocycles. The molecule has 0 radical (unpaired) electrons. The largest absolute Gasteiger partial charge is 0.424 e. The van der Waals surface area contributed by atoms with E-state index in [0.717, 1.165) is 46.5 Å². The summed E-state index contributed by atoms with van der Waals surface area (Å²) in [6, 6.07) is 8.00. The van der Waals surface area contributed by atoms with Crippen LogP contribution in [0.4, 0.5) is 0 Å². The second-order valence-corrected chi connectivity index (χ2v) is 7.67. The van der Waals surface area contributed by atoms with Crippen molar-refractivity contribution in [2.45, 2.75) is 65.8 Å². The summed E-state index contributed by atoms with van der Waals surface area (Å²) in [5.74, 6) is 1.07. The third-order valence-corrected chi connectivity index (χ3v) is 5.40. The van der Waals surface area contributed by atoms with Crippen LogP contribution in [0.5, 0.6) is 5.75 Å². The zero-order valence-electron chi connectivity index (χ0n) is 17.4. The number of ether oxygens (including phenoxy) is 1. The minimum Gasteiger partial charge on any atom is -0.424 e. The molecule has 3 aromatic heterocycles. The van der Waals surface area contributed by atoms with E-state index >= 15 is 0 Å². The van der Waals surface area contributed by atoms with Gasteiger partial charge in [-0.1, -0.05) is 51.2 Å². The Hall–Kier alpha value is -2.89. The van der Waals surface area contributed by atoms with Crippen LogP contribution in [-0.2, 0) is 11.3 Å². The molecule has 4 aromatic rings. The van der Waals surface area contributed by atoms with E-state index in [-0.39, 0.29) is 5.97 Å². The maximum Gasteiger partial charge on any atom is 0.308 e. The van der Waals surface area contributed by atoms with Crippen LogP contribution < -0.4 is 4.74 Å². The van der Waals surface area contributed by atoms with Crippen LogP contribution in [0, 0.1) is 6.92 Å². The lowest BCUT2D eigenvalue weighted by atomic mass is 10.1. The second-order valence-electron chi connectivity index (χ2n) is 7.67. The van der Waals surface area contributed by atoms with E-state index in [1.165, 1.54) is 39.0 Å². The Balaban J connectivity index is 1.78. The number of rotatable bonds is 8. The highest BCUT2D eigenvalue weighted by molar-refractivity contribution is 6.00. The monoisotopic (exact) mass is 392 g/mol. The molecule has 0 saturated carbocycles. The van der Waals surface area contributed by atoms with Crippen LogP contribution >= 0.6 is 0 Å². The summed E-state index contributed by atoms with van der Waals surface area (Å²) in [7, 11) is 0. The van der Waals surface area contributed by atoms with E-state index in [4.69, 9.17) is 14.7 Å². The van der Waals surface area contributed by atoms with E-state index in [9.17, 15) is 4.79 Å². The number of carbonyl (C=O) groups is 1. The van der Waals surface area contributed by atoms with Gasteiger partial charge in [0.1, 0.15) is 16.9 Å². The molecule has 0 saturated heterocycles. The first-order valence-corrected chi connectivity index (χ1v) is 10.5. The molecule has 6 nitrogen and oxygen atoms in total. The first-order chi connectivity index (χ1) is 14.1. The minimum absolute atomic E-state index is 0.335. The third-order valence-electron chi connectivity index (χ3n) is 5.40. The zero-order chi connectivity index (χ0) is 20.4. The highest BCUT2D eigenvalue weighted by atomic mass is 16.5. The smallest absolute Gasteiger partial charge is 0.308 e. The molecule has 0 aliphatic rings. The van der Waals surface area contributed by atoms with Gasteiger partial charge < -0.3 is 9.30 Å². The van der Waals surface area contributed by atoms with Crippen LogP contribution in [0.3, 0.4) is 0 Å². The lowest BCUT2D eigenvalue weighted by molar-refractivity contribution is -0.131. The van der Waals surface area contributed by atoms with E-state index in [2.05, 4.69) is 11.5 Å². The number of nitrogens with zero attached hydrogens (tertiary/aromatic N) is 4. The molecule has 4 rings (SSSR count). The van der Waals surface area contributed by atoms with E-state index in [1.54, 1.807) is 0 Å². The fourth-order valence-electron chi connectivity index (χ4n) is 4.04. The summed E-state index contributed by atoms with van der Waals surface area (Å²) in [6.07, 6.45) is 9.28. The Morgan fingerprint density at radius 1 is 1.03 bits per heavy atom. The lowest BCUT2D eigenvalue weighted by Crippen LogP contribution is -2.02. The first-order valence-electron chi connectivity index (χ1n) is 10.5. The highest BCUT2D eigenvalue weighted by Crippen LogP contribution is 2.33. The summed E-state index contributed by atoms with van der Waals surface area (Å²) in [5.41, 5.74) is 3.52. The normalized spacial score (nSPS) is 11.7. The molecule has 0 atom stereocenters. The standard InChI is InChI=1S/C23H28N4O2/c1-4-5-6-7-8-11-14-26-15-20(29-17(3)28)21-22(26)24-16(2)27-19-13-10-9-12-18(19)25-23(21)27/h9-10,12-13,15H,4-8,11,14H2,1-3H3. The number of hydrogen-bond acceptors (Lipinski definition) is 4. The Labute approximate surface area is 170 Å². The maximum atomic E-state index is 11.7. The van der Waals surface area contributed by atoms with Gasteiger partial charge in [0, 0.05) is 19.7 Å². The van der Waals surface area contributed by atoms with Gasteiger partial charge in [-0.25, -0.2) is 9.97 Å². The summed E-state index contributed by atoms with van der Waals surface area (Å²) in [4.78, 5) is 21.4. The molecule has 0 fully saturated rings. The topological polar surface area (TPSA) is 61.4 Å². The fraction of sp³-hybridized carbons (Fsp3) is 0.435. The molecular weight excluding hydrogens is 364 g/mol. The number of benzene rings is 1. The molecular formula is C23H28N4O2. The zero-order valence-corrected chi connectivity index (χ0v) is 17.4. The van der Waals surface area contributed by atoms with E-state index in [0.29, 0.717) is 5.75 Å². The summed E-state index contributed by atoms with van der Waals surface area (Å²) in [5, 5.41) is 0.799. The van der Waals surface area contributed by atoms with Crippen molar-refractivity contribution in [2.75, 3.05) is 0 Å². The van der Waals surface area contributed by atoms with Crippen molar-refractivity contribution in [3.63, 3.8) is 0 Å². The van der Waals surface area contributed by atoms with Gasteiger partial charge in [-0.05, 0) is 25.5 Å². The van der Waals surface area contributed by atoms with Crippen molar-refractivity contribution < 1.29 is 9.53 Å². The molecule has 152 valence electrons. The maximum absolute atomic E-state index is 11.7. The average Bonchev–Trinajstić information content (AvgIpc) is 3.23. The number of hydrogen-bond donors (Lipinski definition) is 0. The van der Waals surface area contributed by atoms with Crippen molar-refractivity contribution in [2.24, 2.45) is 0 Å². The molecule has 0 amide bonds. The molecule has 0 unspecified atom stereocenters. The second kappa shape index (κ2) is 8.23. The van der Waals surface area contributed by atoms with Gasteiger partial charge in [0.05, 0.1) is 11.0 Å². The third kappa shape index (κ3) is 3.71. The van der Waals surface area contributed by atoms with Gasteiger partial charge in [0.25, 0.3) is 0 Å². The van der Waals surface area contributed by atoms with Crippen molar-refractivity contribution in [1.29, 1.82) is 0 Å². The number of carbonyl (C=O) groups excluding carboxylic acids is 1. The summed E-state index contributed by atoms with van der Waals surface area (Å²) < 4.78 is 9.71. The van der Waals surface area contributed by atoms with Crippen LogP contribution in [0.25, 0.3) is 27.7 Å². The number of aromatic nitrogens is 4. The Bertz CT molecular complexity index is 1170. The van der Waals surface area contributed by atoms with Crippen LogP contribution in [0.2, 0.25) is 0 Å². The molecule has 0 aliphatic carbocycles. The predicted octanol–water partition coefficient (Wildman–Crippen LogP) is 5.43. The number of para-hydroxylation sites is 2. The van der Waals surface area contributed by atoms with Gasteiger partial charge >= 0.3 is 5.97 Å². The highest BCUT2D eigenvalue weighted by Gasteiger charge is 2.20. The number of imidazole rings is 1. The van der Waals surface area contributed by atoms with Gasteiger partial charge in [-0.3, -0.25) is 9.20 Å². The fourth-order valence-corrected chi connectivity index (χ4v) is 4.04. The van der Waals surface area contributed by atoms with E-state index in [1.807, 2.05) is 41.8 Å². The van der Waals surface area contributed by atoms with Crippen molar-refractivity contribution in [3.05, 3.63) is 36.3 Å². The molecule has 0 bridgehead atoms. The molecule has 3 heterocycles. The van der Waals surface area contributed by atoms with Gasteiger partial charge in [-0.15, -0.1) is 0 Å². The quantitative estimate of drug-likeness (QED) is 0.296. The van der Waals surface area contributed by atoms with Gasteiger partial charge in [0.2, 0.25) is 0 Å². The summed E-state index contributed by atoms with van der Waals surface area (Å²) >= 11 is 0. The number of esters is 1. The van der Waals surface area contributed by atoms with Gasteiger partial charge in [-0.2, -0.15) is 0 Å². The molecule has 6 heteroatoms. The SMILES string of the molecule is CCCCCCCCn1cc(OC(C)=O)c2c1nc(C)n1c3ccccc3nc21. The Morgan fingerprint density at radius 2 is 1.79 bits per heavy atom. The molecule has 29 heavy (non-hydrogen) atoms. The molecule has 0 spiro atoms. The van der Waals surface area contributed by atoms with Crippen LogP contribution in [0.15, 0.2) is 30.5 Å². The Morgan fingerprint density at radius 3 is 2.59 bits per heavy atom. The van der Waals surface area contributed by atoms with Crippen molar-refractivity contribution in [1.82, 2.24) is 18.9 Å². The molecule has 0 N–H and O–H groups in total. The average molecular weight is 393 g/mol.